The van der Waals surface area contributed by atoms with E-state index in [-0.39, 0.29) is 5.82 Å². The van der Waals surface area contributed by atoms with Crippen molar-refractivity contribution in [2.24, 2.45) is 5.92 Å². The fourth-order valence-electron chi connectivity index (χ4n) is 2.69. The number of hydrogen-bond donors (Lipinski definition) is 1. The van der Waals surface area contributed by atoms with Gasteiger partial charge in [0.25, 0.3) is 0 Å². The number of hydrogen-bond acceptors (Lipinski definition) is 2. The van der Waals surface area contributed by atoms with Gasteiger partial charge in [-0.1, -0.05) is 13.8 Å². The van der Waals surface area contributed by atoms with Gasteiger partial charge in [-0.3, -0.25) is 0 Å². The Kier molecular flexibility index (Phi) is 3.13. The summed E-state index contributed by atoms with van der Waals surface area (Å²) in [5.74, 6) is 0.624. The largest absolute Gasteiger partial charge is 0.487 e. The lowest BCUT2D eigenvalue weighted by Gasteiger charge is -2.39. The number of fused-ring (bicyclic) bond motifs is 1. The normalized spacial score (nSPS) is 27.8. The third-order valence-corrected chi connectivity index (χ3v) is 3.16. The molecule has 2 nitrogen and oxygen atoms in total. The summed E-state index contributed by atoms with van der Waals surface area (Å²) in [6.07, 6.45) is 0.840. The van der Waals surface area contributed by atoms with Gasteiger partial charge in [0.15, 0.2) is 0 Å². The number of ether oxygens (including phenoxy) is 1. The molecule has 1 N–H and O–H groups in total. The lowest BCUT2D eigenvalue weighted by atomic mass is 9.84. The zero-order valence-corrected chi connectivity index (χ0v) is 10.5. The van der Waals surface area contributed by atoms with Gasteiger partial charge in [0.1, 0.15) is 17.2 Å². The van der Waals surface area contributed by atoms with E-state index < -0.39 is 11.7 Å². The summed E-state index contributed by atoms with van der Waals surface area (Å²) in [6.45, 7) is 6.20. The summed E-state index contributed by atoms with van der Waals surface area (Å²) in [5, 5.41) is 10.1. The summed E-state index contributed by atoms with van der Waals surface area (Å²) < 4.78 is 19.1. The second-order valence-electron chi connectivity index (χ2n) is 5.55. The van der Waals surface area contributed by atoms with Gasteiger partial charge >= 0.3 is 0 Å². The van der Waals surface area contributed by atoms with Gasteiger partial charge in [-0.25, -0.2) is 4.39 Å². The van der Waals surface area contributed by atoms with Crippen LogP contribution < -0.4 is 4.74 Å². The molecule has 17 heavy (non-hydrogen) atoms. The maximum absolute atomic E-state index is 13.2. The Bertz CT molecular complexity index is 417. The fraction of sp³-hybridized carbons (Fsp3) is 0.571. The van der Waals surface area contributed by atoms with Crippen molar-refractivity contribution in [3.8, 4) is 5.75 Å². The van der Waals surface area contributed by atoms with Crippen LogP contribution in [0, 0.1) is 11.7 Å². The first kappa shape index (κ1) is 12.4. The lowest BCUT2D eigenvalue weighted by molar-refractivity contribution is -0.0147. The predicted octanol–water partition coefficient (Wildman–Crippen LogP) is 3.45. The minimum atomic E-state index is -0.567. The van der Waals surface area contributed by atoms with E-state index in [2.05, 4.69) is 13.8 Å². The Labute approximate surface area is 101 Å². The molecule has 0 saturated heterocycles. The van der Waals surface area contributed by atoms with Crippen LogP contribution in [-0.2, 0) is 0 Å². The Morgan fingerprint density at radius 1 is 1.53 bits per heavy atom. The van der Waals surface area contributed by atoms with Crippen molar-refractivity contribution in [2.75, 3.05) is 0 Å². The van der Waals surface area contributed by atoms with Crippen LogP contribution in [0.4, 0.5) is 4.39 Å². The molecule has 0 aliphatic carbocycles. The summed E-state index contributed by atoms with van der Waals surface area (Å²) >= 11 is 0. The van der Waals surface area contributed by atoms with E-state index in [1.807, 2.05) is 6.92 Å². The number of halogens is 1. The highest BCUT2D eigenvalue weighted by molar-refractivity contribution is 5.38. The van der Waals surface area contributed by atoms with Crippen molar-refractivity contribution in [2.45, 2.75) is 45.3 Å². The molecular weight excluding hydrogens is 219 g/mol. The third-order valence-electron chi connectivity index (χ3n) is 3.16. The molecule has 2 rings (SSSR count). The quantitative estimate of drug-likeness (QED) is 0.855. The number of aliphatic hydroxyl groups excluding tert-OH is 1. The van der Waals surface area contributed by atoms with Crippen molar-refractivity contribution in [3.05, 3.63) is 29.6 Å². The van der Waals surface area contributed by atoms with Crippen molar-refractivity contribution in [1.29, 1.82) is 0 Å². The van der Waals surface area contributed by atoms with Gasteiger partial charge in [-0.2, -0.15) is 0 Å². The number of benzene rings is 1. The second kappa shape index (κ2) is 4.30. The first-order chi connectivity index (χ1) is 7.89. The molecule has 1 aliphatic rings. The van der Waals surface area contributed by atoms with Gasteiger partial charge in [-0.05, 0) is 31.4 Å². The Morgan fingerprint density at radius 2 is 2.24 bits per heavy atom. The number of rotatable bonds is 2. The van der Waals surface area contributed by atoms with Crippen molar-refractivity contribution in [3.63, 3.8) is 0 Å². The molecule has 0 saturated carbocycles. The molecule has 0 radical (unpaired) electrons. The van der Waals surface area contributed by atoms with Gasteiger partial charge in [0.05, 0.1) is 6.10 Å². The Hall–Kier alpha value is -1.09. The van der Waals surface area contributed by atoms with E-state index in [9.17, 15) is 9.50 Å². The summed E-state index contributed by atoms with van der Waals surface area (Å²) in [5.41, 5.74) is 0.279. The summed E-state index contributed by atoms with van der Waals surface area (Å²) in [6, 6.07) is 4.32. The molecule has 1 aliphatic heterocycles. The van der Waals surface area contributed by atoms with E-state index in [0.29, 0.717) is 23.7 Å². The van der Waals surface area contributed by atoms with Crippen LogP contribution in [-0.4, -0.2) is 10.7 Å². The topological polar surface area (TPSA) is 29.5 Å². The second-order valence-corrected chi connectivity index (χ2v) is 5.55. The van der Waals surface area contributed by atoms with E-state index in [4.69, 9.17) is 4.74 Å². The van der Waals surface area contributed by atoms with E-state index >= 15 is 0 Å². The van der Waals surface area contributed by atoms with Crippen molar-refractivity contribution >= 4 is 0 Å². The molecule has 2 atom stereocenters. The first-order valence-corrected chi connectivity index (χ1v) is 6.06. The minimum absolute atomic E-state index is 0.329. The summed E-state index contributed by atoms with van der Waals surface area (Å²) in [7, 11) is 0. The zero-order chi connectivity index (χ0) is 12.6. The van der Waals surface area contributed by atoms with Crippen LogP contribution in [0.5, 0.6) is 5.75 Å². The van der Waals surface area contributed by atoms with Gasteiger partial charge in [0.2, 0.25) is 0 Å². The molecule has 0 fully saturated rings. The van der Waals surface area contributed by atoms with Crippen LogP contribution in [0.2, 0.25) is 0 Å². The molecule has 1 aromatic carbocycles. The average molecular weight is 238 g/mol. The molecule has 1 unspecified atom stereocenters. The van der Waals surface area contributed by atoms with E-state index in [1.54, 1.807) is 6.07 Å². The van der Waals surface area contributed by atoms with Gasteiger partial charge in [0, 0.05) is 18.1 Å². The predicted molar refractivity (Wildman–Crippen MR) is 64.5 cm³/mol. The minimum Gasteiger partial charge on any atom is -0.487 e. The highest BCUT2D eigenvalue weighted by Gasteiger charge is 2.37. The van der Waals surface area contributed by atoms with Gasteiger partial charge in [-0.15, -0.1) is 0 Å². The van der Waals surface area contributed by atoms with Crippen LogP contribution in [0.25, 0.3) is 0 Å². The molecule has 94 valence electrons. The standard InChI is InChI=1S/C14H19FO2/c1-9(2)7-14(3)8-12(16)11-5-4-10(15)6-13(11)17-14/h4-6,9,12,16H,7-8H2,1-3H3/t12-,14?/m0/s1. The fourth-order valence-corrected chi connectivity index (χ4v) is 2.69. The maximum atomic E-state index is 13.2. The van der Waals surface area contributed by atoms with Crippen LogP contribution >= 0.6 is 0 Å². The molecular formula is C14H19FO2. The first-order valence-electron chi connectivity index (χ1n) is 6.06. The molecule has 1 heterocycles. The van der Waals surface area contributed by atoms with Crippen LogP contribution in [0.1, 0.15) is 45.3 Å². The van der Waals surface area contributed by atoms with Crippen molar-refractivity contribution in [1.82, 2.24) is 0 Å². The molecule has 0 amide bonds. The molecule has 0 bridgehead atoms. The lowest BCUT2D eigenvalue weighted by Crippen LogP contribution is -2.39. The Balaban J connectivity index is 2.31. The van der Waals surface area contributed by atoms with Crippen LogP contribution in [0.15, 0.2) is 18.2 Å². The zero-order valence-electron chi connectivity index (χ0n) is 10.5. The third kappa shape index (κ3) is 2.60. The molecule has 1 aromatic rings. The monoisotopic (exact) mass is 238 g/mol. The molecule has 3 heteroatoms. The molecule has 0 spiro atoms. The number of aliphatic hydroxyl groups is 1. The van der Waals surface area contributed by atoms with Crippen molar-refractivity contribution < 1.29 is 14.2 Å². The van der Waals surface area contributed by atoms with E-state index in [0.717, 1.165) is 6.42 Å². The summed E-state index contributed by atoms with van der Waals surface area (Å²) in [4.78, 5) is 0. The smallest absolute Gasteiger partial charge is 0.128 e. The molecule has 0 aromatic heterocycles. The highest BCUT2D eigenvalue weighted by atomic mass is 19.1. The highest BCUT2D eigenvalue weighted by Crippen LogP contribution is 2.42. The van der Waals surface area contributed by atoms with Crippen LogP contribution in [0.3, 0.4) is 0 Å². The maximum Gasteiger partial charge on any atom is 0.128 e. The SMILES string of the molecule is CC(C)CC1(C)C[C@H](O)c2ccc(F)cc2O1. The average Bonchev–Trinajstić information content (AvgIpc) is 2.13. The Morgan fingerprint density at radius 3 is 2.88 bits per heavy atom. The van der Waals surface area contributed by atoms with Gasteiger partial charge < -0.3 is 9.84 Å². The van der Waals surface area contributed by atoms with E-state index in [1.165, 1.54) is 12.1 Å².